The third kappa shape index (κ3) is 2.26. The van der Waals surface area contributed by atoms with Gasteiger partial charge in [-0.3, -0.25) is 4.79 Å². The van der Waals surface area contributed by atoms with Gasteiger partial charge in [0, 0.05) is 19.2 Å². The number of nitrogens with zero attached hydrogens (tertiary/aromatic N) is 3. The number of nitrogens with two attached hydrogens (primary N) is 1. The molecule has 106 valence electrons. The molecule has 1 aromatic heterocycles. The van der Waals surface area contributed by atoms with E-state index in [1.807, 2.05) is 0 Å². The fraction of sp³-hybridized carbons (Fsp3) is 0.385. The van der Waals surface area contributed by atoms with Gasteiger partial charge in [0.25, 0.3) is 0 Å². The van der Waals surface area contributed by atoms with Gasteiger partial charge < -0.3 is 15.2 Å². The summed E-state index contributed by atoms with van der Waals surface area (Å²) in [5.74, 6) is -0.172. The molecule has 0 aliphatic carbocycles. The summed E-state index contributed by atoms with van der Waals surface area (Å²) in [6.45, 7) is 1.67. The molecule has 0 bridgehead atoms. The Morgan fingerprint density at radius 3 is 2.80 bits per heavy atom. The van der Waals surface area contributed by atoms with E-state index >= 15 is 0 Å². The van der Waals surface area contributed by atoms with Crippen molar-refractivity contribution in [2.45, 2.75) is 19.4 Å². The van der Waals surface area contributed by atoms with Crippen LogP contribution in [-0.4, -0.2) is 33.4 Å². The zero-order chi connectivity index (χ0) is 14.3. The van der Waals surface area contributed by atoms with Crippen LogP contribution in [0.5, 0.6) is 0 Å². The molecule has 2 aromatic rings. The van der Waals surface area contributed by atoms with E-state index in [0.717, 1.165) is 25.9 Å². The largest absolute Gasteiger partial charge is 0.369 e. The van der Waals surface area contributed by atoms with Gasteiger partial charge in [-0.15, -0.1) is 0 Å². The molecule has 1 saturated heterocycles. The average molecular weight is 341 g/mol. The lowest BCUT2D eigenvalue weighted by Gasteiger charge is -2.16. The number of nitrogen functional groups attached to an aromatic ring is 1. The Morgan fingerprint density at radius 1 is 1.40 bits per heavy atom. The number of aromatic nitrogens is 2. The summed E-state index contributed by atoms with van der Waals surface area (Å²) in [5.41, 5.74) is 6.96. The molecule has 2 heterocycles. The zero-order valence-corrected chi connectivity index (χ0v) is 12.4. The van der Waals surface area contributed by atoms with E-state index in [4.69, 9.17) is 5.73 Å². The maximum absolute atomic E-state index is 13.7. The van der Waals surface area contributed by atoms with Crippen molar-refractivity contribution in [1.29, 1.82) is 0 Å². The number of hydrogen-bond acceptors (Lipinski definition) is 3. The minimum atomic E-state index is -0.396. The Morgan fingerprint density at radius 2 is 2.10 bits per heavy atom. The Balaban J connectivity index is 1.96. The number of carbonyl (C=O) groups is 1. The average Bonchev–Trinajstić information content (AvgIpc) is 3.01. The molecule has 0 radical (unpaired) electrons. The highest BCUT2D eigenvalue weighted by atomic mass is 79.9. The Kier molecular flexibility index (Phi) is 3.37. The number of rotatable bonds is 2. The standard InChI is InChI=1S/C13H14BrFN4O/c14-8-5-10-11(6-9(8)15)19(13(16)17-10)7-12(20)18-3-1-2-4-18/h5-6H,1-4,7H2,(H2,16,17). The third-order valence-electron chi connectivity index (χ3n) is 3.57. The molecule has 1 fully saturated rings. The van der Waals surface area contributed by atoms with Crippen LogP contribution in [0.4, 0.5) is 10.3 Å². The lowest BCUT2D eigenvalue weighted by Crippen LogP contribution is -2.31. The first-order valence-electron chi connectivity index (χ1n) is 6.45. The zero-order valence-electron chi connectivity index (χ0n) is 10.8. The summed E-state index contributed by atoms with van der Waals surface area (Å²) in [6, 6.07) is 2.91. The number of anilines is 1. The van der Waals surface area contributed by atoms with Gasteiger partial charge in [-0.25, -0.2) is 9.37 Å². The second kappa shape index (κ2) is 5.05. The van der Waals surface area contributed by atoms with Gasteiger partial charge in [0.1, 0.15) is 12.4 Å². The summed E-state index contributed by atoms with van der Waals surface area (Å²) in [4.78, 5) is 18.2. The van der Waals surface area contributed by atoms with Crippen molar-refractivity contribution >= 4 is 38.8 Å². The van der Waals surface area contributed by atoms with E-state index in [9.17, 15) is 9.18 Å². The number of carbonyl (C=O) groups excluding carboxylic acids is 1. The number of amides is 1. The molecule has 20 heavy (non-hydrogen) atoms. The number of imidazole rings is 1. The summed E-state index contributed by atoms with van der Waals surface area (Å²) >= 11 is 3.11. The predicted molar refractivity (Wildman–Crippen MR) is 77.6 cm³/mol. The molecule has 2 N–H and O–H groups in total. The van der Waals surface area contributed by atoms with Crippen molar-refractivity contribution < 1.29 is 9.18 Å². The van der Waals surface area contributed by atoms with Crippen LogP contribution in [-0.2, 0) is 11.3 Å². The van der Waals surface area contributed by atoms with Crippen LogP contribution in [0.2, 0.25) is 0 Å². The van der Waals surface area contributed by atoms with E-state index in [-0.39, 0.29) is 18.4 Å². The molecule has 7 heteroatoms. The van der Waals surface area contributed by atoms with Crippen LogP contribution in [0.1, 0.15) is 12.8 Å². The van der Waals surface area contributed by atoms with Crippen LogP contribution in [0, 0.1) is 5.82 Å². The van der Waals surface area contributed by atoms with Crippen LogP contribution < -0.4 is 5.73 Å². The highest BCUT2D eigenvalue weighted by molar-refractivity contribution is 9.10. The third-order valence-corrected chi connectivity index (χ3v) is 4.18. The Labute approximate surface area is 123 Å². The minimum Gasteiger partial charge on any atom is -0.369 e. The van der Waals surface area contributed by atoms with E-state index in [2.05, 4.69) is 20.9 Å². The van der Waals surface area contributed by atoms with Crippen LogP contribution in [0.15, 0.2) is 16.6 Å². The monoisotopic (exact) mass is 340 g/mol. The summed E-state index contributed by atoms with van der Waals surface area (Å²) in [7, 11) is 0. The molecule has 3 rings (SSSR count). The molecule has 1 aliphatic heterocycles. The Bertz CT molecular complexity index is 679. The smallest absolute Gasteiger partial charge is 0.242 e. The fourth-order valence-corrected chi connectivity index (χ4v) is 2.84. The fourth-order valence-electron chi connectivity index (χ4n) is 2.51. The number of fused-ring (bicyclic) bond motifs is 1. The van der Waals surface area contributed by atoms with Crippen molar-refractivity contribution in [2.75, 3.05) is 18.8 Å². The first-order valence-corrected chi connectivity index (χ1v) is 7.24. The molecular formula is C13H14BrFN4O. The second-order valence-electron chi connectivity index (χ2n) is 4.90. The normalized spacial score (nSPS) is 15.2. The highest BCUT2D eigenvalue weighted by Crippen LogP contribution is 2.25. The van der Waals surface area contributed by atoms with Crippen LogP contribution in [0.25, 0.3) is 11.0 Å². The summed E-state index contributed by atoms with van der Waals surface area (Å²) in [5, 5.41) is 0. The van der Waals surface area contributed by atoms with Crippen LogP contribution >= 0.6 is 15.9 Å². The van der Waals surface area contributed by atoms with Gasteiger partial charge in [-0.1, -0.05) is 0 Å². The van der Waals surface area contributed by atoms with E-state index in [0.29, 0.717) is 15.5 Å². The lowest BCUT2D eigenvalue weighted by molar-refractivity contribution is -0.130. The molecule has 1 amide bonds. The maximum Gasteiger partial charge on any atom is 0.242 e. The van der Waals surface area contributed by atoms with E-state index < -0.39 is 5.82 Å². The molecule has 5 nitrogen and oxygen atoms in total. The second-order valence-corrected chi connectivity index (χ2v) is 5.75. The van der Waals surface area contributed by atoms with Crippen molar-refractivity contribution in [3.05, 3.63) is 22.4 Å². The van der Waals surface area contributed by atoms with Crippen molar-refractivity contribution in [3.8, 4) is 0 Å². The maximum atomic E-state index is 13.7. The Hall–Kier alpha value is -1.63. The molecule has 0 spiro atoms. The molecule has 0 atom stereocenters. The highest BCUT2D eigenvalue weighted by Gasteiger charge is 2.20. The number of likely N-dealkylation sites (tertiary alicyclic amines) is 1. The number of hydrogen-bond donors (Lipinski definition) is 1. The van der Waals surface area contributed by atoms with Crippen molar-refractivity contribution in [2.24, 2.45) is 0 Å². The number of benzene rings is 1. The number of halogens is 2. The molecule has 0 unspecified atom stereocenters. The van der Waals surface area contributed by atoms with E-state index in [1.54, 1.807) is 15.5 Å². The topological polar surface area (TPSA) is 64.1 Å². The van der Waals surface area contributed by atoms with Gasteiger partial charge in [-0.2, -0.15) is 0 Å². The predicted octanol–water partition coefficient (Wildman–Crippen LogP) is 2.14. The minimum absolute atomic E-state index is 0.00294. The van der Waals surface area contributed by atoms with Crippen LogP contribution in [0.3, 0.4) is 0 Å². The summed E-state index contributed by atoms with van der Waals surface area (Å²) < 4.78 is 15.5. The SMILES string of the molecule is Nc1nc2cc(Br)c(F)cc2n1CC(=O)N1CCCC1. The van der Waals surface area contributed by atoms with Gasteiger partial charge in [0.2, 0.25) is 11.9 Å². The quantitative estimate of drug-likeness (QED) is 0.910. The molecule has 0 saturated carbocycles. The first kappa shape index (κ1) is 13.4. The van der Waals surface area contributed by atoms with Gasteiger partial charge in [0.05, 0.1) is 15.5 Å². The molecule has 1 aromatic carbocycles. The lowest BCUT2D eigenvalue weighted by atomic mass is 10.3. The molecule has 1 aliphatic rings. The van der Waals surface area contributed by atoms with Gasteiger partial charge >= 0.3 is 0 Å². The van der Waals surface area contributed by atoms with E-state index in [1.165, 1.54) is 6.07 Å². The van der Waals surface area contributed by atoms with Crippen molar-refractivity contribution in [1.82, 2.24) is 14.5 Å². The summed E-state index contributed by atoms with van der Waals surface area (Å²) in [6.07, 6.45) is 2.07. The van der Waals surface area contributed by atoms with Crippen molar-refractivity contribution in [3.63, 3.8) is 0 Å². The van der Waals surface area contributed by atoms with Gasteiger partial charge in [0.15, 0.2) is 0 Å². The van der Waals surface area contributed by atoms with Gasteiger partial charge in [-0.05, 0) is 34.8 Å². The first-order chi connectivity index (χ1) is 9.56. The molecular weight excluding hydrogens is 327 g/mol.